The Balaban J connectivity index is 2.46. The summed E-state index contributed by atoms with van der Waals surface area (Å²) in [6.07, 6.45) is 0. The Morgan fingerprint density at radius 2 is 1.69 bits per heavy atom. The molecule has 0 saturated carbocycles. The van der Waals surface area contributed by atoms with E-state index in [9.17, 15) is 9.59 Å². The number of benzene rings is 1. The summed E-state index contributed by atoms with van der Waals surface area (Å²) in [7, 11) is 0. The Hall–Kier alpha value is -1.75. The third kappa shape index (κ3) is 6.87. The fourth-order valence-electron chi connectivity index (χ4n) is 2.23. The summed E-state index contributed by atoms with van der Waals surface area (Å²) in [5.41, 5.74) is 1.53. The van der Waals surface area contributed by atoms with Gasteiger partial charge in [0.25, 0.3) is 5.91 Å². The average molecular weight is 383 g/mol. The SMILES string of the molecule is Cc1ccc(OCC(=O)NCCNC(=O)C(C)(C)CCl)c(C(C)(C)C)c1. The summed E-state index contributed by atoms with van der Waals surface area (Å²) in [6, 6.07) is 5.95. The van der Waals surface area contributed by atoms with Gasteiger partial charge < -0.3 is 15.4 Å². The van der Waals surface area contributed by atoms with E-state index in [2.05, 4.69) is 37.5 Å². The largest absolute Gasteiger partial charge is 0.483 e. The number of hydrogen-bond donors (Lipinski definition) is 2. The van der Waals surface area contributed by atoms with E-state index in [-0.39, 0.29) is 29.7 Å². The highest BCUT2D eigenvalue weighted by Crippen LogP contribution is 2.32. The first-order valence-electron chi connectivity index (χ1n) is 8.82. The topological polar surface area (TPSA) is 67.4 Å². The summed E-state index contributed by atoms with van der Waals surface area (Å²) in [6.45, 7) is 12.5. The summed E-state index contributed by atoms with van der Waals surface area (Å²) >= 11 is 5.76. The smallest absolute Gasteiger partial charge is 0.258 e. The lowest BCUT2D eigenvalue weighted by atomic mass is 9.85. The summed E-state index contributed by atoms with van der Waals surface area (Å²) in [5, 5.41) is 5.50. The van der Waals surface area contributed by atoms with Crippen molar-refractivity contribution in [2.75, 3.05) is 25.6 Å². The molecular formula is C20H31ClN2O3. The maximum atomic E-state index is 12.0. The first kappa shape index (κ1) is 22.3. The van der Waals surface area contributed by atoms with Crippen LogP contribution in [0.4, 0.5) is 0 Å². The van der Waals surface area contributed by atoms with E-state index in [1.807, 2.05) is 19.1 Å². The minimum Gasteiger partial charge on any atom is -0.483 e. The molecule has 1 aromatic carbocycles. The van der Waals surface area contributed by atoms with Crippen LogP contribution >= 0.6 is 11.6 Å². The van der Waals surface area contributed by atoms with Crippen LogP contribution in [0.1, 0.15) is 45.7 Å². The van der Waals surface area contributed by atoms with Gasteiger partial charge in [0.1, 0.15) is 5.75 Å². The van der Waals surface area contributed by atoms with Gasteiger partial charge in [0.2, 0.25) is 5.91 Å². The Morgan fingerprint density at radius 1 is 1.08 bits per heavy atom. The third-order valence-corrected chi connectivity index (χ3v) is 4.65. The number of amides is 2. The monoisotopic (exact) mass is 382 g/mol. The van der Waals surface area contributed by atoms with Crippen LogP contribution in [0.25, 0.3) is 0 Å². The molecule has 0 aromatic heterocycles. The molecule has 0 bridgehead atoms. The van der Waals surface area contributed by atoms with Crippen molar-refractivity contribution in [1.82, 2.24) is 10.6 Å². The number of rotatable bonds is 8. The van der Waals surface area contributed by atoms with Crippen molar-refractivity contribution in [3.63, 3.8) is 0 Å². The highest BCUT2D eigenvalue weighted by Gasteiger charge is 2.25. The predicted molar refractivity (Wildman–Crippen MR) is 106 cm³/mol. The zero-order valence-corrected chi connectivity index (χ0v) is 17.4. The number of ether oxygens (including phenoxy) is 1. The van der Waals surface area contributed by atoms with Gasteiger partial charge in [-0.15, -0.1) is 11.6 Å². The van der Waals surface area contributed by atoms with Gasteiger partial charge >= 0.3 is 0 Å². The lowest BCUT2D eigenvalue weighted by Gasteiger charge is -2.23. The number of halogens is 1. The second kappa shape index (κ2) is 9.26. The minimum absolute atomic E-state index is 0.0622. The molecule has 0 atom stereocenters. The third-order valence-electron chi connectivity index (χ3n) is 3.98. The zero-order chi connectivity index (χ0) is 20.0. The molecule has 0 aliphatic heterocycles. The van der Waals surface area contributed by atoms with Crippen LogP contribution < -0.4 is 15.4 Å². The van der Waals surface area contributed by atoms with Crippen molar-refractivity contribution < 1.29 is 14.3 Å². The number of carbonyl (C=O) groups is 2. The fourth-order valence-corrected chi connectivity index (χ4v) is 2.35. The normalized spacial score (nSPS) is 11.8. The quantitative estimate of drug-likeness (QED) is 0.536. The summed E-state index contributed by atoms with van der Waals surface area (Å²) in [5.74, 6) is 0.602. The number of alkyl halides is 1. The highest BCUT2D eigenvalue weighted by molar-refractivity contribution is 6.19. The highest BCUT2D eigenvalue weighted by atomic mass is 35.5. The molecule has 2 N–H and O–H groups in total. The molecule has 0 aliphatic carbocycles. The Labute approximate surface area is 161 Å². The molecule has 26 heavy (non-hydrogen) atoms. The molecule has 146 valence electrons. The standard InChI is InChI=1S/C20H31ClN2O3/c1-14-7-8-16(15(11-14)19(2,3)4)26-12-17(24)22-9-10-23-18(25)20(5,6)13-21/h7-8,11H,9-10,12-13H2,1-6H3,(H,22,24)(H,23,25). The Bertz CT molecular complexity index is 636. The van der Waals surface area contributed by atoms with E-state index in [1.54, 1.807) is 13.8 Å². The van der Waals surface area contributed by atoms with E-state index in [0.717, 1.165) is 16.9 Å². The Morgan fingerprint density at radius 3 is 2.27 bits per heavy atom. The maximum Gasteiger partial charge on any atom is 0.258 e. The molecule has 2 amide bonds. The lowest BCUT2D eigenvalue weighted by molar-refractivity contribution is -0.128. The van der Waals surface area contributed by atoms with Gasteiger partial charge in [0.15, 0.2) is 6.61 Å². The average Bonchev–Trinajstić information content (AvgIpc) is 2.56. The fraction of sp³-hybridized carbons (Fsp3) is 0.600. The molecule has 5 nitrogen and oxygen atoms in total. The minimum atomic E-state index is -0.622. The van der Waals surface area contributed by atoms with Gasteiger partial charge in [-0.2, -0.15) is 0 Å². The number of nitrogens with one attached hydrogen (secondary N) is 2. The molecule has 1 aromatic rings. The maximum absolute atomic E-state index is 12.0. The van der Waals surface area contributed by atoms with E-state index in [1.165, 1.54) is 0 Å². The lowest BCUT2D eigenvalue weighted by Crippen LogP contribution is -2.42. The van der Waals surface area contributed by atoms with E-state index < -0.39 is 5.41 Å². The van der Waals surface area contributed by atoms with Crippen molar-refractivity contribution in [3.8, 4) is 5.75 Å². The van der Waals surface area contributed by atoms with Gasteiger partial charge in [0.05, 0.1) is 5.41 Å². The summed E-state index contributed by atoms with van der Waals surface area (Å²) < 4.78 is 5.71. The molecule has 0 fully saturated rings. The van der Waals surface area contributed by atoms with Gasteiger partial charge in [0, 0.05) is 19.0 Å². The number of hydrogen-bond acceptors (Lipinski definition) is 3. The van der Waals surface area contributed by atoms with Crippen LogP contribution in [-0.4, -0.2) is 37.4 Å². The van der Waals surface area contributed by atoms with Gasteiger partial charge in [-0.1, -0.05) is 38.5 Å². The van der Waals surface area contributed by atoms with Crippen LogP contribution in [0.5, 0.6) is 5.75 Å². The van der Waals surface area contributed by atoms with Crippen molar-refractivity contribution in [2.24, 2.45) is 5.41 Å². The van der Waals surface area contributed by atoms with Gasteiger partial charge in [-0.3, -0.25) is 9.59 Å². The molecule has 0 heterocycles. The second-order valence-electron chi connectivity index (χ2n) is 8.16. The van der Waals surface area contributed by atoms with Crippen LogP contribution in [0, 0.1) is 12.3 Å². The number of aryl methyl sites for hydroxylation is 1. The molecule has 0 unspecified atom stereocenters. The summed E-state index contributed by atoms with van der Waals surface area (Å²) in [4.78, 5) is 23.8. The molecule has 0 radical (unpaired) electrons. The second-order valence-corrected chi connectivity index (χ2v) is 8.43. The molecule has 0 saturated heterocycles. The van der Waals surface area contributed by atoms with Crippen LogP contribution in [0.3, 0.4) is 0 Å². The first-order valence-corrected chi connectivity index (χ1v) is 9.36. The molecule has 6 heteroatoms. The van der Waals surface area contributed by atoms with Crippen molar-refractivity contribution in [1.29, 1.82) is 0 Å². The van der Waals surface area contributed by atoms with Crippen LogP contribution in [0.2, 0.25) is 0 Å². The van der Waals surface area contributed by atoms with E-state index in [0.29, 0.717) is 13.1 Å². The first-order chi connectivity index (χ1) is 12.0. The molecule has 0 aliphatic rings. The zero-order valence-electron chi connectivity index (χ0n) is 16.7. The molecular weight excluding hydrogens is 352 g/mol. The van der Waals surface area contributed by atoms with Crippen molar-refractivity contribution in [3.05, 3.63) is 29.3 Å². The predicted octanol–water partition coefficient (Wildman–Crippen LogP) is 3.17. The van der Waals surface area contributed by atoms with Crippen molar-refractivity contribution in [2.45, 2.75) is 47.0 Å². The van der Waals surface area contributed by atoms with E-state index >= 15 is 0 Å². The molecule has 0 spiro atoms. The van der Waals surface area contributed by atoms with Gasteiger partial charge in [-0.25, -0.2) is 0 Å². The molecule has 1 rings (SSSR count). The Kier molecular flexibility index (Phi) is 7.94. The van der Waals surface area contributed by atoms with Crippen molar-refractivity contribution >= 4 is 23.4 Å². The van der Waals surface area contributed by atoms with Gasteiger partial charge in [-0.05, 0) is 37.8 Å². The van der Waals surface area contributed by atoms with Crippen LogP contribution in [0.15, 0.2) is 18.2 Å². The van der Waals surface area contributed by atoms with E-state index in [4.69, 9.17) is 16.3 Å². The number of carbonyl (C=O) groups excluding carboxylic acids is 2. The van der Waals surface area contributed by atoms with Crippen LogP contribution in [-0.2, 0) is 15.0 Å².